The quantitative estimate of drug-likeness (QED) is 0.736. The number of thiazole rings is 1. The van der Waals surface area contributed by atoms with Crippen LogP contribution in [0.4, 0.5) is 0 Å². The number of carbonyl (C=O) groups excluding carboxylic acids is 2. The van der Waals surface area contributed by atoms with E-state index >= 15 is 0 Å². The number of piperazine rings is 1. The molecule has 2 saturated heterocycles. The highest BCUT2D eigenvalue weighted by atomic mass is 32.1. The first-order chi connectivity index (χ1) is 13.3. The Hall–Kier alpha value is -1.67. The van der Waals surface area contributed by atoms with E-state index in [1.807, 2.05) is 22.1 Å². The summed E-state index contributed by atoms with van der Waals surface area (Å²) >= 11 is 1.18. The highest BCUT2D eigenvalue weighted by Gasteiger charge is 2.28. The third kappa shape index (κ3) is 5.23. The molecule has 2 atom stereocenters. The third-order valence-corrected chi connectivity index (χ3v) is 6.71. The minimum absolute atomic E-state index is 0.00465. The fourth-order valence-corrected chi connectivity index (χ4v) is 5.11. The fourth-order valence-electron chi connectivity index (χ4n) is 4.35. The van der Waals surface area contributed by atoms with Crippen LogP contribution in [0.3, 0.4) is 0 Å². The van der Waals surface area contributed by atoms with Crippen LogP contribution in [-0.4, -0.2) is 76.9 Å². The molecule has 0 spiro atoms. The van der Waals surface area contributed by atoms with Crippen LogP contribution in [-0.2, 0) is 16.1 Å². The Labute approximate surface area is 170 Å². The Morgan fingerprint density at radius 1 is 1.04 bits per heavy atom. The van der Waals surface area contributed by atoms with Crippen molar-refractivity contribution in [2.75, 3.05) is 45.8 Å². The van der Waals surface area contributed by atoms with E-state index in [1.165, 1.54) is 17.8 Å². The van der Waals surface area contributed by atoms with E-state index < -0.39 is 0 Å². The number of aromatic nitrogens is 1. The van der Waals surface area contributed by atoms with Crippen LogP contribution in [0, 0.1) is 18.8 Å². The first-order valence-electron chi connectivity index (χ1n) is 10.3. The van der Waals surface area contributed by atoms with Gasteiger partial charge in [0.15, 0.2) is 0 Å². The fraction of sp³-hybridized carbons (Fsp3) is 0.750. The maximum atomic E-state index is 12.6. The minimum Gasteiger partial charge on any atom is -0.341 e. The van der Waals surface area contributed by atoms with Gasteiger partial charge in [-0.3, -0.25) is 19.3 Å². The van der Waals surface area contributed by atoms with Crippen LogP contribution >= 0.6 is 11.3 Å². The van der Waals surface area contributed by atoms with Crippen molar-refractivity contribution in [3.05, 3.63) is 20.7 Å². The number of hydrogen-bond donors (Lipinski definition) is 0. The van der Waals surface area contributed by atoms with Crippen molar-refractivity contribution in [1.29, 1.82) is 0 Å². The van der Waals surface area contributed by atoms with Crippen molar-refractivity contribution < 1.29 is 9.59 Å². The molecule has 0 N–H and O–H groups in total. The molecule has 8 heteroatoms. The summed E-state index contributed by atoms with van der Waals surface area (Å²) in [5, 5.41) is 1.83. The Kier molecular flexibility index (Phi) is 6.93. The van der Waals surface area contributed by atoms with Gasteiger partial charge in [-0.25, -0.2) is 0 Å². The van der Waals surface area contributed by atoms with E-state index in [0.717, 1.165) is 31.9 Å². The topological polar surface area (TPSA) is 65.9 Å². The van der Waals surface area contributed by atoms with Crippen molar-refractivity contribution in [1.82, 2.24) is 19.3 Å². The van der Waals surface area contributed by atoms with Gasteiger partial charge in [0.25, 0.3) is 0 Å². The number of aryl methyl sites for hydroxylation is 1. The summed E-state index contributed by atoms with van der Waals surface area (Å²) in [5.41, 5.74) is 0.910. The molecule has 2 fully saturated rings. The zero-order chi connectivity index (χ0) is 20.3. The molecule has 1 aromatic heterocycles. The summed E-state index contributed by atoms with van der Waals surface area (Å²) < 4.78 is 1.66. The van der Waals surface area contributed by atoms with Crippen molar-refractivity contribution in [2.24, 2.45) is 11.8 Å². The van der Waals surface area contributed by atoms with E-state index in [2.05, 4.69) is 18.7 Å². The standard InChI is InChI=1S/C20H32N4O3S/c1-15-10-16(2)12-23(11-15)19(26)13-21-6-8-22(9-7-21)18(25)4-5-24-17(3)14-28-20(24)27/h14-16H,4-13H2,1-3H3. The number of nitrogens with zero attached hydrogens (tertiary/aromatic N) is 4. The molecule has 2 aliphatic rings. The number of carbonyl (C=O) groups is 2. The smallest absolute Gasteiger partial charge is 0.307 e. The van der Waals surface area contributed by atoms with Gasteiger partial charge in [0.2, 0.25) is 11.8 Å². The van der Waals surface area contributed by atoms with E-state index in [4.69, 9.17) is 0 Å². The van der Waals surface area contributed by atoms with E-state index in [0.29, 0.717) is 44.4 Å². The average Bonchev–Trinajstić information content (AvgIpc) is 2.97. The Balaban J connectivity index is 1.42. The molecule has 0 saturated carbocycles. The molecule has 2 aliphatic heterocycles. The maximum absolute atomic E-state index is 12.6. The van der Waals surface area contributed by atoms with Crippen molar-refractivity contribution in [3.8, 4) is 0 Å². The van der Waals surface area contributed by atoms with Gasteiger partial charge in [-0.05, 0) is 25.2 Å². The zero-order valence-corrected chi connectivity index (χ0v) is 18.0. The van der Waals surface area contributed by atoms with Crippen LogP contribution in [0.5, 0.6) is 0 Å². The summed E-state index contributed by atoms with van der Waals surface area (Å²) in [6.07, 6.45) is 1.54. The predicted molar refractivity (Wildman–Crippen MR) is 110 cm³/mol. The summed E-state index contributed by atoms with van der Waals surface area (Å²) in [4.78, 5) is 42.9. The lowest BCUT2D eigenvalue weighted by Crippen LogP contribution is -2.53. The van der Waals surface area contributed by atoms with E-state index in [1.54, 1.807) is 4.57 Å². The Morgan fingerprint density at radius 3 is 2.25 bits per heavy atom. The SMILES string of the molecule is Cc1csc(=O)n1CCC(=O)N1CCN(CC(=O)N2CC(C)CC(C)C2)CC1. The van der Waals surface area contributed by atoms with Gasteiger partial charge in [-0.2, -0.15) is 0 Å². The van der Waals surface area contributed by atoms with Gasteiger partial charge in [-0.15, -0.1) is 0 Å². The lowest BCUT2D eigenvalue weighted by molar-refractivity contribution is -0.137. The average molecular weight is 409 g/mol. The van der Waals surface area contributed by atoms with Crippen LogP contribution in [0.2, 0.25) is 0 Å². The summed E-state index contributed by atoms with van der Waals surface area (Å²) in [5.74, 6) is 1.44. The van der Waals surface area contributed by atoms with Gasteiger partial charge in [0, 0.05) is 63.3 Å². The van der Waals surface area contributed by atoms with Crippen LogP contribution in [0.15, 0.2) is 10.2 Å². The summed E-state index contributed by atoms with van der Waals surface area (Å²) in [6.45, 7) is 11.7. The molecule has 7 nitrogen and oxygen atoms in total. The first-order valence-corrected chi connectivity index (χ1v) is 11.1. The monoisotopic (exact) mass is 408 g/mol. The van der Waals surface area contributed by atoms with Gasteiger partial charge in [0.1, 0.15) is 0 Å². The number of likely N-dealkylation sites (tertiary alicyclic amines) is 1. The van der Waals surface area contributed by atoms with E-state index in [-0.39, 0.29) is 16.7 Å². The van der Waals surface area contributed by atoms with Crippen LogP contribution < -0.4 is 4.87 Å². The van der Waals surface area contributed by atoms with Crippen molar-refractivity contribution in [3.63, 3.8) is 0 Å². The molecule has 28 heavy (non-hydrogen) atoms. The normalized spacial score (nSPS) is 23.8. The minimum atomic E-state index is -0.00465. The molecular weight excluding hydrogens is 376 g/mol. The van der Waals surface area contributed by atoms with Crippen molar-refractivity contribution >= 4 is 23.2 Å². The third-order valence-electron chi connectivity index (χ3n) is 5.83. The molecule has 156 valence electrons. The summed E-state index contributed by atoms with van der Waals surface area (Å²) in [7, 11) is 0. The largest absolute Gasteiger partial charge is 0.341 e. The molecule has 0 bridgehead atoms. The number of amides is 2. The highest BCUT2D eigenvalue weighted by molar-refractivity contribution is 7.07. The highest BCUT2D eigenvalue weighted by Crippen LogP contribution is 2.21. The molecule has 3 heterocycles. The Bertz CT molecular complexity index is 741. The maximum Gasteiger partial charge on any atom is 0.307 e. The summed E-state index contributed by atoms with van der Waals surface area (Å²) in [6, 6.07) is 0. The first kappa shape index (κ1) is 21.0. The van der Waals surface area contributed by atoms with Gasteiger partial charge < -0.3 is 14.4 Å². The van der Waals surface area contributed by atoms with Crippen LogP contribution in [0.1, 0.15) is 32.4 Å². The molecule has 0 aromatic carbocycles. The number of hydrogen-bond acceptors (Lipinski definition) is 5. The van der Waals surface area contributed by atoms with Crippen molar-refractivity contribution in [2.45, 2.75) is 40.2 Å². The van der Waals surface area contributed by atoms with E-state index in [9.17, 15) is 14.4 Å². The Morgan fingerprint density at radius 2 is 1.68 bits per heavy atom. The second-order valence-corrected chi connectivity index (χ2v) is 9.27. The lowest BCUT2D eigenvalue weighted by Gasteiger charge is -2.38. The molecule has 2 unspecified atom stereocenters. The second-order valence-electron chi connectivity index (χ2n) is 8.45. The molecule has 2 amide bonds. The molecule has 0 aliphatic carbocycles. The van der Waals surface area contributed by atoms with Gasteiger partial charge >= 0.3 is 4.87 Å². The molecule has 1 aromatic rings. The van der Waals surface area contributed by atoms with Gasteiger partial charge in [0.05, 0.1) is 6.54 Å². The van der Waals surface area contributed by atoms with Crippen LogP contribution in [0.25, 0.3) is 0 Å². The molecule has 3 rings (SSSR count). The van der Waals surface area contributed by atoms with Gasteiger partial charge in [-0.1, -0.05) is 25.2 Å². The number of piperidine rings is 1. The second kappa shape index (κ2) is 9.22. The predicted octanol–water partition coefficient (Wildman–Crippen LogP) is 1.26. The number of rotatable bonds is 5. The molecule has 0 radical (unpaired) electrons. The lowest BCUT2D eigenvalue weighted by atomic mass is 9.92. The molecular formula is C20H32N4O3S. The zero-order valence-electron chi connectivity index (χ0n) is 17.2.